The molecule has 1 aromatic rings. The average molecular weight is 196 g/mol. The van der Waals surface area contributed by atoms with E-state index in [1.54, 1.807) is 7.11 Å². The van der Waals surface area contributed by atoms with Crippen LogP contribution in [0.3, 0.4) is 0 Å². The molecule has 0 spiro atoms. The monoisotopic (exact) mass is 196 g/mol. The van der Waals surface area contributed by atoms with Gasteiger partial charge in [-0.1, -0.05) is 19.1 Å². The standard InChI is InChI=1S/C10H12O2S/c1-3-10(11)13-9-7-5-4-6-8(9)12-2/h4-7H,3H2,1-2H3. The van der Waals surface area contributed by atoms with Gasteiger partial charge in [-0.2, -0.15) is 0 Å². The maximum absolute atomic E-state index is 11.2. The first kappa shape index (κ1) is 10.1. The molecular weight excluding hydrogens is 184 g/mol. The maximum atomic E-state index is 11.2. The second kappa shape index (κ2) is 4.92. The Morgan fingerprint density at radius 2 is 2.15 bits per heavy atom. The second-order valence-corrected chi connectivity index (χ2v) is 3.58. The minimum absolute atomic E-state index is 0.157. The van der Waals surface area contributed by atoms with Crippen molar-refractivity contribution in [1.29, 1.82) is 0 Å². The molecule has 0 atom stereocenters. The molecule has 0 aliphatic carbocycles. The zero-order chi connectivity index (χ0) is 9.68. The fraction of sp³-hybridized carbons (Fsp3) is 0.300. The molecule has 1 rings (SSSR count). The highest BCUT2D eigenvalue weighted by molar-refractivity contribution is 8.13. The zero-order valence-corrected chi connectivity index (χ0v) is 8.56. The zero-order valence-electron chi connectivity index (χ0n) is 7.74. The molecule has 0 aliphatic rings. The van der Waals surface area contributed by atoms with Gasteiger partial charge in [0.25, 0.3) is 0 Å². The first-order valence-electron chi connectivity index (χ1n) is 4.11. The molecule has 0 radical (unpaired) electrons. The predicted molar refractivity (Wildman–Crippen MR) is 54.1 cm³/mol. The van der Waals surface area contributed by atoms with Gasteiger partial charge in [-0.3, -0.25) is 4.79 Å². The molecule has 1 aromatic carbocycles. The lowest BCUT2D eigenvalue weighted by Gasteiger charge is -2.05. The van der Waals surface area contributed by atoms with Gasteiger partial charge >= 0.3 is 0 Å². The van der Waals surface area contributed by atoms with Gasteiger partial charge in [-0.25, -0.2) is 0 Å². The Morgan fingerprint density at radius 1 is 1.46 bits per heavy atom. The molecule has 0 saturated carbocycles. The Kier molecular flexibility index (Phi) is 3.83. The summed E-state index contributed by atoms with van der Waals surface area (Å²) in [6.07, 6.45) is 0.544. The van der Waals surface area contributed by atoms with Gasteiger partial charge in [0.05, 0.1) is 12.0 Å². The van der Waals surface area contributed by atoms with Crippen molar-refractivity contribution < 1.29 is 9.53 Å². The van der Waals surface area contributed by atoms with E-state index in [-0.39, 0.29) is 5.12 Å². The van der Waals surface area contributed by atoms with Crippen molar-refractivity contribution in [1.82, 2.24) is 0 Å². The van der Waals surface area contributed by atoms with Gasteiger partial charge in [0.15, 0.2) is 5.12 Å². The molecule has 0 saturated heterocycles. The van der Waals surface area contributed by atoms with E-state index in [2.05, 4.69) is 0 Å². The summed E-state index contributed by atoms with van der Waals surface area (Å²) in [4.78, 5) is 12.0. The Balaban J connectivity index is 2.81. The largest absolute Gasteiger partial charge is 0.496 e. The molecule has 0 fully saturated rings. The van der Waals surface area contributed by atoms with Crippen molar-refractivity contribution >= 4 is 16.9 Å². The summed E-state index contributed by atoms with van der Waals surface area (Å²) in [5, 5.41) is 0.157. The van der Waals surface area contributed by atoms with E-state index < -0.39 is 0 Å². The number of methoxy groups -OCH3 is 1. The Hall–Kier alpha value is -0.960. The van der Waals surface area contributed by atoms with Crippen LogP contribution >= 0.6 is 11.8 Å². The van der Waals surface area contributed by atoms with E-state index in [9.17, 15) is 4.79 Å². The van der Waals surface area contributed by atoms with Crippen LogP contribution in [-0.2, 0) is 4.79 Å². The Morgan fingerprint density at radius 3 is 2.77 bits per heavy atom. The van der Waals surface area contributed by atoms with Gasteiger partial charge in [0, 0.05) is 6.42 Å². The molecule has 3 heteroatoms. The summed E-state index contributed by atoms with van der Waals surface area (Å²) in [6.45, 7) is 1.85. The maximum Gasteiger partial charge on any atom is 0.193 e. The summed E-state index contributed by atoms with van der Waals surface area (Å²) in [5.41, 5.74) is 0. The number of rotatable bonds is 3. The van der Waals surface area contributed by atoms with Crippen LogP contribution in [0, 0.1) is 0 Å². The van der Waals surface area contributed by atoms with Crippen molar-refractivity contribution in [2.75, 3.05) is 7.11 Å². The van der Waals surface area contributed by atoms with Crippen molar-refractivity contribution in [3.05, 3.63) is 24.3 Å². The van der Waals surface area contributed by atoms with E-state index in [1.165, 1.54) is 11.8 Å². The van der Waals surface area contributed by atoms with Crippen molar-refractivity contribution in [2.45, 2.75) is 18.2 Å². The van der Waals surface area contributed by atoms with Crippen LogP contribution in [-0.4, -0.2) is 12.2 Å². The number of hydrogen-bond acceptors (Lipinski definition) is 3. The quantitative estimate of drug-likeness (QED) is 0.695. The number of benzene rings is 1. The van der Waals surface area contributed by atoms with E-state index in [1.807, 2.05) is 31.2 Å². The van der Waals surface area contributed by atoms with Gasteiger partial charge in [-0.15, -0.1) is 0 Å². The first-order valence-corrected chi connectivity index (χ1v) is 4.93. The van der Waals surface area contributed by atoms with Gasteiger partial charge < -0.3 is 4.74 Å². The predicted octanol–water partition coefficient (Wildman–Crippen LogP) is 2.72. The summed E-state index contributed by atoms with van der Waals surface area (Å²) < 4.78 is 5.12. The molecule has 0 N–H and O–H groups in total. The summed E-state index contributed by atoms with van der Waals surface area (Å²) in [6, 6.07) is 7.52. The summed E-state index contributed by atoms with van der Waals surface area (Å²) in [5.74, 6) is 0.759. The summed E-state index contributed by atoms with van der Waals surface area (Å²) >= 11 is 1.23. The number of para-hydroxylation sites is 1. The van der Waals surface area contributed by atoms with Crippen LogP contribution in [0.1, 0.15) is 13.3 Å². The third kappa shape index (κ3) is 2.77. The third-order valence-corrected chi connectivity index (χ3v) is 2.66. The number of ether oxygens (including phenoxy) is 1. The van der Waals surface area contributed by atoms with E-state index in [0.717, 1.165) is 10.6 Å². The van der Waals surface area contributed by atoms with Crippen LogP contribution < -0.4 is 4.74 Å². The Labute approximate surface area is 82.3 Å². The topological polar surface area (TPSA) is 26.3 Å². The fourth-order valence-corrected chi connectivity index (χ4v) is 1.69. The van der Waals surface area contributed by atoms with Crippen LogP contribution in [0.5, 0.6) is 5.75 Å². The second-order valence-electron chi connectivity index (χ2n) is 2.48. The van der Waals surface area contributed by atoms with Gasteiger partial charge in [0.2, 0.25) is 0 Å². The smallest absolute Gasteiger partial charge is 0.193 e. The Bertz CT molecular complexity index is 297. The first-order chi connectivity index (χ1) is 6.27. The highest BCUT2D eigenvalue weighted by Gasteiger charge is 2.06. The molecule has 13 heavy (non-hydrogen) atoms. The van der Waals surface area contributed by atoms with Crippen molar-refractivity contribution in [2.24, 2.45) is 0 Å². The van der Waals surface area contributed by atoms with Crippen molar-refractivity contribution in [3.63, 3.8) is 0 Å². The SMILES string of the molecule is CCC(=O)Sc1ccccc1OC. The number of thioether (sulfide) groups is 1. The number of carbonyl (C=O) groups is 1. The molecule has 0 aliphatic heterocycles. The summed E-state index contributed by atoms with van der Waals surface area (Å²) in [7, 11) is 1.61. The van der Waals surface area contributed by atoms with E-state index in [0.29, 0.717) is 6.42 Å². The van der Waals surface area contributed by atoms with Crippen LogP contribution in [0.4, 0.5) is 0 Å². The third-order valence-electron chi connectivity index (χ3n) is 1.58. The lowest BCUT2D eigenvalue weighted by atomic mass is 10.3. The van der Waals surface area contributed by atoms with Crippen LogP contribution in [0.15, 0.2) is 29.2 Å². The average Bonchev–Trinajstić information content (AvgIpc) is 2.18. The van der Waals surface area contributed by atoms with Gasteiger partial charge in [-0.05, 0) is 23.9 Å². The van der Waals surface area contributed by atoms with Crippen LogP contribution in [0.25, 0.3) is 0 Å². The number of hydrogen-bond donors (Lipinski definition) is 0. The molecule has 70 valence electrons. The highest BCUT2D eigenvalue weighted by atomic mass is 32.2. The molecule has 0 aromatic heterocycles. The van der Waals surface area contributed by atoms with Gasteiger partial charge in [0.1, 0.15) is 5.75 Å². The number of carbonyl (C=O) groups excluding carboxylic acids is 1. The molecular formula is C10H12O2S. The molecule has 0 bridgehead atoms. The normalized spacial score (nSPS) is 9.69. The lowest BCUT2D eigenvalue weighted by molar-refractivity contribution is -0.110. The fourth-order valence-electron chi connectivity index (χ4n) is 0.898. The lowest BCUT2D eigenvalue weighted by Crippen LogP contribution is -1.90. The molecule has 0 unspecified atom stereocenters. The molecule has 0 amide bonds. The van der Waals surface area contributed by atoms with Crippen LogP contribution in [0.2, 0.25) is 0 Å². The highest BCUT2D eigenvalue weighted by Crippen LogP contribution is 2.29. The van der Waals surface area contributed by atoms with E-state index >= 15 is 0 Å². The molecule has 0 heterocycles. The van der Waals surface area contributed by atoms with E-state index in [4.69, 9.17) is 4.74 Å². The minimum Gasteiger partial charge on any atom is -0.496 e. The minimum atomic E-state index is 0.157. The van der Waals surface area contributed by atoms with Crippen molar-refractivity contribution in [3.8, 4) is 5.75 Å². The molecule has 2 nitrogen and oxygen atoms in total.